The number of hydrogen-bond acceptors (Lipinski definition) is 5. The number of para-hydroxylation sites is 5. The Hall–Kier alpha value is -6.86. The monoisotopic (exact) mass is 630 g/mol. The van der Waals surface area contributed by atoms with Crippen LogP contribution in [0.3, 0.4) is 0 Å². The van der Waals surface area contributed by atoms with Crippen LogP contribution in [0.15, 0.2) is 162 Å². The van der Waals surface area contributed by atoms with E-state index in [0.717, 1.165) is 72.1 Å². The van der Waals surface area contributed by atoms with Crippen molar-refractivity contribution >= 4 is 43.6 Å². The fraction of sp³-hybridized carbons (Fsp3) is 0. The van der Waals surface area contributed by atoms with Gasteiger partial charge in [0, 0.05) is 45.2 Å². The Kier molecular flexibility index (Phi) is 6.04. The van der Waals surface area contributed by atoms with E-state index in [-0.39, 0.29) is 0 Å². The number of nitrogens with zero attached hydrogens (tertiary/aromatic N) is 6. The van der Waals surface area contributed by atoms with Crippen molar-refractivity contribution in [2.75, 3.05) is 0 Å². The van der Waals surface area contributed by atoms with Gasteiger partial charge in [-0.1, -0.05) is 84.9 Å². The molecule has 0 aliphatic rings. The van der Waals surface area contributed by atoms with Crippen LogP contribution in [-0.2, 0) is 0 Å². The Morgan fingerprint density at radius 2 is 1.06 bits per heavy atom. The highest BCUT2D eigenvalue weighted by atomic mass is 16.4. The lowest BCUT2D eigenvalue weighted by Crippen LogP contribution is -1.99. The molecule has 10 aromatic rings. The molecule has 0 fully saturated rings. The number of benzene rings is 5. The molecule has 5 aromatic heterocycles. The van der Waals surface area contributed by atoms with E-state index in [0.29, 0.717) is 11.8 Å². The van der Waals surface area contributed by atoms with Crippen molar-refractivity contribution in [1.82, 2.24) is 29.3 Å². The normalized spacial score (nSPS) is 11.7. The summed E-state index contributed by atoms with van der Waals surface area (Å²) in [7, 11) is 0. The van der Waals surface area contributed by atoms with Crippen LogP contribution in [0.4, 0.5) is 0 Å². The minimum Gasteiger partial charge on any atom is -0.416 e. The predicted molar refractivity (Wildman–Crippen MR) is 195 cm³/mol. The van der Waals surface area contributed by atoms with Gasteiger partial charge in [-0.05, 0) is 60.7 Å². The van der Waals surface area contributed by atoms with Gasteiger partial charge in [-0.3, -0.25) is 9.55 Å². The summed E-state index contributed by atoms with van der Waals surface area (Å²) in [5.74, 6) is 1.68. The van der Waals surface area contributed by atoms with Crippen LogP contribution in [-0.4, -0.2) is 29.3 Å². The van der Waals surface area contributed by atoms with Crippen LogP contribution in [0, 0.1) is 0 Å². The average molecular weight is 631 g/mol. The Balaban J connectivity index is 1.20. The van der Waals surface area contributed by atoms with Crippen LogP contribution in [0.25, 0.3) is 89.3 Å². The van der Waals surface area contributed by atoms with Crippen LogP contribution >= 0.6 is 0 Å². The zero-order valence-electron chi connectivity index (χ0n) is 26.1. The van der Waals surface area contributed by atoms with Gasteiger partial charge in [0.1, 0.15) is 5.82 Å². The SMILES string of the molecule is c1ccc(-n2c3ccccc3c3cccc(-c4nnc(-c5cccc6c7ccccc7n(-c7cccc(-c8cccnc8)n7)c56)o4)c32)cc1. The lowest BCUT2D eigenvalue weighted by molar-refractivity contribution is 0.585. The van der Waals surface area contributed by atoms with E-state index in [1.165, 1.54) is 5.39 Å². The summed E-state index contributed by atoms with van der Waals surface area (Å²) in [6.07, 6.45) is 3.61. The molecular weight excluding hydrogens is 605 g/mol. The van der Waals surface area contributed by atoms with Crippen molar-refractivity contribution in [2.24, 2.45) is 0 Å². The molecule has 0 amide bonds. The molecule has 7 heteroatoms. The molecule has 5 heterocycles. The lowest BCUT2D eigenvalue weighted by atomic mass is 10.1. The summed E-state index contributed by atoms with van der Waals surface area (Å²) < 4.78 is 11.1. The minimum absolute atomic E-state index is 0.437. The second kappa shape index (κ2) is 10.9. The molecule has 0 saturated heterocycles. The first-order chi connectivity index (χ1) is 24.3. The van der Waals surface area contributed by atoms with Gasteiger partial charge in [0.05, 0.1) is 38.9 Å². The molecule has 0 atom stereocenters. The standard InChI is InChI=1S/C42H26N6O/c1-2-13-28(14-3-1)47-36-22-6-4-15-29(36)31-17-8-19-33(39(31)47)41-45-46-42(49-41)34-20-9-18-32-30-16-5-7-23-37(30)48(40(32)34)38-24-10-21-35(44-38)27-12-11-25-43-26-27/h1-26H. The highest BCUT2D eigenvalue weighted by molar-refractivity contribution is 6.14. The molecule has 0 aliphatic carbocycles. The first-order valence-corrected chi connectivity index (χ1v) is 16.2. The molecule has 0 unspecified atom stereocenters. The summed E-state index contributed by atoms with van der Waals surface area (Å²) in [6.45, 7) is 0. The van der Waals surface area contributed by atoms with E-state index in [2.05, 4.69) is 121 Å². The zero-order chi connectivity index (χ0) is 32.3. The molecule has 49 heavy (non-hydrogen) atoms. The van der Waals surface area contributed by atoms with E-state index < -0.39 is 0 Å². The number of hydrogen-bond donors (Lipinski definition) is 0. The third-order valence-electron chi connectivity index (χ3n) is 9.21. The fourth-order valence-electron chi connectivity index (χ4n) is 7.13. The molecular formula is C42H26N6O. The zero-order valence-corrected chi connectivity index (χ0v) is 26.1. The van der Waals surface area contributed by atoms with Gasteiger partial charge in [-0.25, -0.2) is 4.98 Å². The molecule has 0 spiro atoms. The topological polar surface area (TPSA) is 74.6 Å². The van der Waals surface area contributed by atoms with E-state index in [1.54, 1.807) is 6.20 Å². The van der Waals surface area contributed by atoms with Crippen LogP contribution in [0.2, 0.25) is 0 Å². The maximum atomic E-state index is 6.66. The molecule has 0 N–H and O–H groups in total. The summed E-state index contributed by atoms with van der Waals surface area (Å²) in [5.41, 5.74) is 8.69. The van der Waals surface area contributed by atoms with Crippen molar-refractivity contribution in [2.45, 2.75) is 0 Å². The number of fused-ring (bicyclic) bond motifs is 6. The van der Waals surface area contributed by atoms with Crippen molar-refractivity contribution in [3.05, 3.63) is 158 Å². The van der Waals surface area contributed by atoms with Crippen molar-refractivity contribution < 1.29 is 4.42 Å². The van der Waals surface area contributed by atoms with Gasteiger partial charge in [-0.15, -0.1) is 10.2 Å². The predicted octanol–water partition coefficient (Wildman–Crippen LogP) is 10.1. The van der Waals surface area contributed by atoms with Gasteiger partial charge in [0.15, 0.2) is 0 Å². The highest BCUT2D eigenvalue weighted by Gasteiger charge is 2.23. The molecule has 10 rings (SSSR count). The molecule has 0 radical (unpaired) electrons. The summed E-state index contributed by atoms with van der Waals surface area (Å²) in [4.78, 5) is 9.43. The van der Waals surface area contributed by atoms with Crippen molar-refractivity contribution in [3.8, 4) is 45.7 Å². The molecule has 0 bridgehead atoms. The Morgan fingerprint density at radius 1 is 0.469 bits per heavy atom. The Labute approximate surface area is 280 Å². The quantitative estimate of drug-likeness (QED) is 0.189. The average Bonchev–Trinajstić information content (AvgIpc) is 3.89. The number of rotatable bonds is 5. The number of pyridine rings is 2. The molecule has 0 aliphatic heterocycles. The second-order valence-electron chi connectivity index (χ2n) is 12.0. The van der Waals surface area contributed by atoms with Crippen molar-refractivity contribution in [3.63, 3.8) is 0 Å². The summed E-state index contributed by atoms with van der Waals surface area (Å²) in [6, 6.07) is 49.8. The van der Waals surface area contributed by atoms with E-state index >= 15 is 0 Å². The second-order valence-corrected chi connectivity index (χ2v) is 12.0. The van der Waals surface area contributed by atoms with Crippen LogP contribution in [0.1, 0.15) is 0 Å². The third kappa shape index (κ3) is 4.22. The smallest absolute Gasteiger partial charge is 0.250 e. The molecule has 7 nitrogen and oxygen atoms in total. The molecule has 5 aromatic carbocycles. The third-order valence-corrected chi connectivity index (χ3v) is 9.21. The highest BCUT2D eigenvalue weighted by Crippen LogP contribution is 2.41. The van der Waals surface area contributed by atoms with E-state index in [4.69, 9.17) is 9.40 Å². The number of aromatic nitrogens is 6. The largest absolute Gasteiger partial charge is 0.416 e. The Morgan fingerprint density at radius 3 is 1.73 bits per heavy atom. The van der Waals surface area contributed by atoms with Gasteiger partial charge in [0.2, 0.25) is 11.8 Å². The molecule has 230 valence electrons. The summed E-state index contributed by atoms with van der Waals surface area (Å²) in [5, 5.41) is 13.8. The maximum Gasteiger partial charge on any atom is 0.250 e. The van der Waals surface area contributed by atoms with E-state index in [9.17, 15) is 0 Å². The maximum absolute atomic E-state index is 6.66. The fourth-order valence-corrected chi connectivity index (χ4v) is 7.13. The Bertz CT molecular complexity index is 2830. The lowest BCUT2D eigenvalue weighted by Gasteiger charge is -2.11. The van der Waals surface area contributed by atoms with Gasteiger partial charge >= 0.3 is 0 Å². The van der Waals surface area contributed by atoms with Crippen LogP contribution < -0.4 is 0 Å². The van der Waals surface area contributed by atoms with Gasteiger partial charge in [0.25, 0.3) is 0 Å². The van der Waals surface area contributed by atoms with Crippen molar-refractivity contribution in [1.29, 1.82) is 0 Å². The van der Waals surface area contributed by atoms with E-state index in [1.807, 2.05) is 54.7 Å². The summed E-state index contributed by atoms with van der Waals surface area (Å²) >= 11 is 0. The van der Waals surface area contributed by atoms with Gasteiger partial charge < -0.3 is 8.98 Å². The first-order valence-electron chi connectivity index (χ1n) is 16.2. The minimum atomic E-state index is 0.437. The van der Waals surface area contributed by atoms with Crippen LogP contribution in [0.5, 0.6) is 0 Å². The first kappa shape index (κ1) is 27.3. The molecule has 0 saturated carbocycles. The van der Waals surface area contributed by atoms with Gasteiger partial charge in [-0.2, -0.15) is 0 Å².